The molecule has 1 aliphatic carbocycles. The Balaban J connectivity index is 1.48. The summed E-state index contributed by atoms with van der Waals surface area (Å²) in [7, 11) is 0. The van der Waals surface area contributed by atoms with E-state index in [4.69, 9.17) is 0 Å². The topological polar surface area (TPSA) is 56.5 Å². The van der Waals surface area contributed by atoms with E-state index in [0.717, 1.165) is 67.2 Å². The molecular weight excluding hydrogens is 507 g/mol. The van der Waals surface area contributed by atoms with Crippen molar-refractivity contribution in [2.24, 2.45) is 5.92 Å². The Morgan fingerprint density at radius 2 is 1.78 bits per heavy atom. The number of nitrogens with one attached hydrogen (secondary N) is 3. The molecule has 1 saturated carbocycles. The van der Waals surface area contributed by atoms with E-state index in [2.05, 4.69) is 76.7 Å². The average Bonchev–Trinajstić information content (AvgIpc) is 3.74. The van der Waals surface area contributed by atoms with Gasteiger partial charge in [0.1, 0.15) is 11.5 Å². The highest BCUT2D eigenvalue weighted by Crippen LogP contribution is 2.34. The quantitative estimate of drug-likeness (QED) is 0.174. The van der Waals surface area contributed by atoms with E-state index in [1.54, 1.807) is 18.2 Å². The van der Waals surface area contributed by atoms with Crippen LogP contribution in [0.15, 0.2) is 110 Å². The molecule has 2 heterocycles. The highest BCUT2D eigenvalue weighted by atomic mass is 19.1. The Bertz CT molecular complexity index is 1680. The van der Waals surface area contributed by atoms with E-state index in [1.165, 1.54) is 37.8 Å². The SMILES string of the molecule is C=C/C=C(/c1ccc(F)cc1)c1cc(-c2n[nH]c3ccc(C(/C=C(\C=C)NC(=C)C4CCCC4)=C/C)cc23)[nH]c1C. The fourth-order valence-electron chi connectivity index (χ4n) is 5.66. The average molecular weight is 545 g/mol. The number of rotatable bonds is 10. The summed E-state index contributed by atoms with van der Waals surface area (Å²) >= 11 is 0. The van der Waals surface area contributed by atoms with Crippen LogP contribution in [0.5, 0.6) is 0 Å². The lowest BCUT2D eigenvalue weighted by molar-refractivity contribution is 0.607. The predicted molar refractivity (Wildman–Crippen MR) is 170 cm³/mol. The van der Waals surface area contributed by atoms with Crippen molar-refractivity contribution >= 4 is 22.0 Å². The summed E-state index contributed by atoms with van der Waals surface area (Å²) in [5, 5.41) is 12.4. The van der Waals surface area contributed by atoms with Crippen LogP contribution in [0.3, 0.4) is 0 Å². The van der Waals surface area contributed by atoms with Gasteiger partial charge in [-0.2, -0.15) is 5.10 Å². The lowest BCUT2D eigenvalue weighted by atomic mass is 9.97. The fourth-order valence-corrected chi connectivity index (χ4v) is 5.66. The van der Waals surface area contributed by atoms with Gasteiger partial charge in [0, 0.05) is 28.0 Å². The Kier molecular flexibility index (Phi) is 8.34. The third kappa shape index (κ3) is 5.94. The number of halogens is 1. The van der Waals surface area contributed by atoms with Crippen molar-refractivity contribution in [3.8, 4) is 11.4 Å². The number of hydrogen-bond donors (Lipinski definition) is 3. The van der Waals surface area contributed by atoms with Crippen molar-refractivity contribution in [1.82, 2.24) is 20.5 Å². The van der Waals surface area contributed by atoms with Crippen molar-refractivity contribution in [3.63, 3.8) is 0 Å². The maximum absolute atomic E-state index is 13.6. The van der Waals surface area contributed by atoms with Gasteiger partial charge in [-0.25, -0.2) is 4.39 Å². The number of aryl methyl sites for hydroxylation is 1. The number of fused-ring (bicyclic) bond motifs is 1. The van der Waals surface area contributed by atoms with Crippen LogP contribution in [0.25, 0.3) is 33.4 Å². The van der Waals surface area contributed by atoms with Gasteiger partial charge in [-0.1, -0.05) is 69.0 Å². The zero-order valence-corrected chi connectivity index (χ0v) is 23.9. The summed E-state index contributed by atoms with van der Waals surface area (Å²) in [4.78, 5) is 3.52. The van der Waals surface area contributed by atoms with Gasteiger partial charge in [0.2, 0.25) is 0 Å². The van der Waals surface area contributed by atoms with Crippen LogP contribution in [0.2, 0.25) is 0 Å². The molecule has 0 saturated heterocycles. The summed E-state index contributed by atoms with van der Waals surface area (Å²) in [5.74, 6) is 0.262. The first kappa shape index (κ1) is 27.9. The van der Waals surface area contributed by atoms with Gasteiger partial charge in [-0.05, 0) is 97.4 Å². The standard InChI is InChI=1S/C36H37FN4/c1-6-11-31(27-14-17-29(37)18-15-27)32-22-35(39-24(32)5)36-33-21-28(16-19-34(33)40-41-36)25(7-2)20-30(8-3)38-23(4)26-12-9-10-13-26/h6-8,11,14-22,26,38-39H,1,3-4,9-10,12-13H2,2,5H3,(H,40,41)/b25-7+,30-20+,31-11-. The first-order valence-electron chi connectivity index (χ1n) is 14.2. The maximum atomic E-state index is 13.6. The Morgan fingerprint density at radius 1 is 1.05 bits per heavy atom. The van der Waals surface area contributed by atoms with Gasteiger partial charge in [-0.15, -0.1) is 0 Å². The summed E-state index contributed by atoms with van der Waals surface area (Å²) in [6.07, 6.45) is 14.7. The molecular formula is C36H37FN4. The molecule has 4 aromatic rings. The molecule has 0 spiro atoms. The zero-order valence-electron chi connectivity index (χ0n) is 23.9. The van der Waals surface area contributed by atoms with E-state index in [-0.39, 0.29) is 5.82 Å². The largest absolute Gasteiger partial charge is 0.359 e. The van der Waals surface area contributed by atoms with E-state index >= 15 is 0 Å². The third-order valence-electron chi connectivity index (χ3n) is 7.89. The van der Waals surface area contributed by atoms with E-state index in [1.807, 2.05) is 26.0 Å². The molecule has 0 amide bonds. The molecule has 0 unspecified atom stereocenters. The highest BCUT2D eigenvalue weighted by Gasteiger charge is 2.19. The molecule has 4 nitrogen and oxygen atoms in total. The normalized spacial score (nSPS) is 15.0. The number of benzene rings is 2. The first-order valence-corrected chi connectivity index (χ1v) is 14.2. The van der Waals surface area contributed by atoms with Gasteiger partial charge < -0.3 is 10.3 Å². The van der Waals surface area contributed by atoms with Crippen molar-refractivity contribution in [3.05, 3.63) is 138 Å². The van der Waals surface area contributed by atoms with Gasteiger partial charge >= 0.3 is 0 Å². The minimum Gasteiger partial charge on any atom is -0.359 e. The predicted octanol–water partition coefficient (Wildman–Crippen LogP) is 9.39. The number of nitrogens with zero attached hydrogens (tertiary/aromatic N) is 1. The Morgan fingerprint density at radius 3 is 2.46 bits per heavy atom. The number of aromatic amines is 2. The van der Waals surface area contributed by atoms with Crippen LogP contribution in [0.1, 0.15) is 55.0 Å². The molecule has 5 rings (SSSR count). The van der Waals surface area contributed by atoms with Crippen LogP contribution in [0, 0.1) is 18.7 Å². The van der Waals surface area contributed by atoms with Crippen molar-refractivity contribution in [1.29, 1.82) is 0 Å². The van der Waals surface area contributed by atoms with Crippen molar-refractivity contribution in [2.45, 2.75) is 39.5 Å². The summed E-state index contributed by atoms with van der Waals surface area (Å²) in [5.41, 5.74) is 10.7. The van der Waals surface area contributed by atoms with Crippen molar-refractivity contribution in [2.75, 3.05) is 0 Å². The number of allylic oxidation sites excluding steroid dienone is 7. The van der Waals surface area contributed by atoms with Gasteiger partial charge in [0.15, 0.2) is 0 Å². The second kappa shape index (κ2) is 12.3. The minimum absolute atomic E-state index is 0.262. The molecule has 2 aromatic heterocycles. The van der Waals surface area contributed by atoms with Crippen LogP contribution in [-0.2, 0) is 0 Å². The lowest BCUT2D eigenvalue weighted by Gasteiger charge is -2.17. The molecule has 208 valence electrons. The first-order chi connectivity index (χ1) is 19.9. The van der Waals surface area contributed by atoms with Crippen LogP contribution < -0.4 is 5.32 Å². The molecule has 1 fully saturated rings. The summed E-state index contributed by atoms with van der Waals surface area (Å²) in [6, 6.07) is 15.0. The third-order valence-corrected chi connectivity index (χ3v) is 7.89. The van der Waals surface area contributed by atoms with E-state index in [0.29, 0.717) is 5.92 Å². The molecule has 0 radical (unpaired) electrons. The number of aromatic nitrogens is 3. The molecule has 1 aliphatic rings. The van der Waals surface area contributed by atoms with E-state index < -0.39 is 0 Å². The molecule has 3 N–H and O–H groups in total. The Hall–Kier alpha value is -4.64. The monoisotopic (exact) mass is 544 g/mol. The van der Waals surface area contributed by atoms with Crippen molar-refractivity contribution < 1.29 is 4.39 Å². The highest BCUT2D eigenvalue weighted by molar-refractivity contribution is 5.96. The zero-order chi connectivity index (χ0) is 28.9. The molecule has 41 heavy (non-hydrogen) atoms. The fraction of sp³-hybridized carbons (Fsp3) is 0.194. The molecule has 0 atom stereocenters. The van der Waals surface area contributed by atoms with Gasteiger partial charge in [-0.3, -0.25) is 5.10 Å². The number of H-pyrrole nitrogens is 2. The Labute approximate surface area is 241 Å². The second-order valence-electron chi connectivity index (χ2n) is 10.6. The molecule has 2 aromatic carbocycles. The van der Waals surface area contributed by atoms with Crippen LogP contribution >= 0.6 is 0 Å². The smallest absolute Gasteiger partial charge is 0.123 e. The van der Waals surface area contributed by atoms with Crippen LogP contribution in [-0.4, -0.2) is 15.2 Å². The molecule has 0 aliphatic heterocycles. The summed E-state index contributed by atoms with van der Waals surface area (Å²) < 4.78 is 13.6. The second-order valence-corrected chi connectivity index (χ2v) is 10.6. The van der Waals surface area contributed by atoms with Crippen LogP contribution in [0.4, 0.5) is 4.39 Å². The maximum Gasteiger partial charge on any atom is 0.123 e. The number of hydrogen-bond acceptors (Lipinski definition) is 2. The van der Waals surface area contributed by atoms with Gasteiger partial charge in [0.25, 0.3) is 0 Å². The summed E-state index contributed by atoms with van der Waals surface area (Å²) in [6.45, 7) is 16.3. The molecule has 0 bridgehead atoms. The lowest BCUT2D eigenvalue weighted by Crippen LogP contribution is -2.16. The minimum atomic E-state index is -0.262. The van der Waals surface area contributed by atoms with Gasteiger partial charge in [0.05, 0.1) is 11.2 Å². The molecule has 5 heteroatoms. The van der Waals surface area contributed by atoms with E-state index in [9.17, 15) is 4.39 Å².